The summed E-state index contributed by atoms with van der Waals surface area (Å²) in [7, 11) is 1.63. The Morgan fingerprint density at radius 3 is 2.29 bits per heavy atom. The lowest BCUT2D eigenvalue weighted by Crippen LogP contribution is -2.31. The zero-order valence-corrected chi connectivity index (χ0v) is 15.7. The van der Waals surface area contributed by atoms with E-state index >= 15 is 0 Å². The molecule has 2 amide bonds. The van der Waals surface area contributed by atoms with E-state index in [0.29, 0.717) is 17.8 Å². The number of benzene rings is 2. The number of pyridine rings is 1. The van der Waals surface area contributed by atoms with Crippen LogP contribution in [0.3, 0.4) is 0 Å². The molecular weight excluding hydrogens is 354 g/mol. The average Bonchev–Trinajstić information content (AvgIpc) is 2.68. The lowest BCUT2D eigenvalue weighted by Gasteiger charge is -2.18. The molecule has 142 valence electrons. The third-order valence-electron chi connectivity index (χ3n) is 4.56. The highest BCUT2D eigenvalue weighted by molar-refractivity contribution is 5.95. The SMILES string of the molecule is Cc1[nH]c(=O)c(C(=O)N(C)Cc2ccc(C(N)=O)cc2)cc1-c1ccccc1. The Kier molecular flexibility index (Phi) is 5.40. The molecule has 6 heteroatoms. The first-order chi connectivity index (χ1) is 13.4. The van der Waals surface area contributed by atoms with Crippen LogP contribution in [0.15, 0.2) is 65.5 Å². The van der Waals surface area contributed by atoms with Crippen LogP contribution in [-0.2, 0) is 6.54 Å². The number of nitrogens with two attached hydrogens (primary N) is 1. The number of nitrogens with zero attached hydrogens (tertiary/aromatic N) is 1. The summed E-state index contributed by atoms with van der Waals surface area (Å²) in [5.74, 6) is -0.881. The Balaban J connectivity index is 1.87. The van der Waals surface area contributed by atoms with Gasteiger partial charge < -0.3 is 15.6 Å². The van der Waals surface area contributed by atoms with Gasteiger partial charge in [0.05, 0.1) is 0 Å². The van der Waals surface area contributed by atoms with E-state index in [1.165, 1.54) is 4.90 Å². The van der Waals surface area contributed by atoms with Gasteiger partial charge in [0.1, 0.15) is 5.56 Å². The standard InChI is InChI=1S/C22H21N3O3/c1-14-18(16-6-4-3-5-7-16)12-19(21(27)24-14)22(28)25(2)13-15-8-10-17(11-9-15)20(23)26/h3-12H,13H2,1-2H3,(H2,23,26)(H,24,27). The summed E-state index contributed by atoms with van der Waals surface area (Å²) < 4.78 is 0. The molecule has 0 radical (unpaired) electrons. The Bertz CT molecular complexity index is 1070. The molecular formula is C22H21N3O3. The van der Waals surface area contributed by atoms with Crippen molar-refractivity contribution >= 4 is 11.8 Å². The van der Waals surface area contributed by atoms with Gasteiger partial charge in [0.25, 0.3) is 11.5 Å². The van der Waals surface area contributed by atoms with E-state index in [9.17, 15) is 14.4 Å². The van der Waals surface area contributed by atoms with Crippen molar-refractivity contribution in [3.05, 3.63) is 93.4 Å². The number of hydrogen-bond acceptors (Lipinski definition) is 3. The number of aromatic amines is 1. The Labute approximate surface area is 162 Å². The lowest BCUT2D eigenvalue weighted by molar-refractivity contribution is 0.0783. The normalized spacial score (nSPS) is 10.5. The number of carbonyl (C=O) groups is 2. The molecule has 1 aromatic heterocycles. The summed E-state index contributed by atoms with van der Waals surface area (Å²) in [4.78, 5) is 40.7. The van der Waals surface area contributed by atoms with E-state index in [0.717, 1.165) is 16.7 Å². The number of amides is 2. The molecule has 0 unspecified atom stereocenters. The number of primary amides is 1. The van der Waals surface area contributed by atoms with Crippen molar-refractivity contribution in [2.45, 2.75) is 13.5 Å². The minimum absolute atomic E-state index is 0.0840. The minimum Gasteiger partial charge on any atom is -0.366 e. The number of aromatic nitrogens is 1. The Hall–Kier alpha value is -3.67. The molecule has 0 aliphatic rings. The average molecular weight is 375 g/mol. The second-order valence-electron chi connectivity index (χ2n) is 6.64. The van der Waals surface area contributed by atoms with Gasteiger partial charge in [-0.1, -0.05) is 42.5 Å². The minimum atomic E-state index is -0.504. The van der Waals surface area contributed by atoms with Gasteiger partial charge in [0.15, 0.2) is 0 Å². The zero-order valence-electron chi connectivity index (χ0n) is 15.7. The van der Waals surface area contributed by atoms with Crippen molar-refractivity contribution in [1.82, 2.24) is 9.88 Å². The maximum Gasteiger partial charge on any atom is 0.261 e. The van der Waals surface area contributed by atoms with E-state index in [-0.39, 0.29) is 11.5 Å². The van der Waals surface area contributed by atoms with Crippen molar-refractivity contribution in [2.24, 2.45) is 5.73 Å². The van der Waals surface area contributed by atoms with Crippen LogP contribution in [0.25, 0.3) is 11.1 Å². The molecule has 2 aromatic carbocycles. The van der Waals surface area contributed by atoms with Crippen molar-refractivity contribution in [3.8, 4) is 11.1 Å². The number of rotatable bonds is 5. The first-order valence-corrected chi connectivity index (χ1v) is 8.80. The third-order valence-corrected chi connectivity index (χ3v) is 4.56. The molecule has 3 aromatic rings. The van der Waals surface area contributed by atoms with E-state index in [1.807, 2.05) is 37.3 Å². The molecule has 6 nitrogen and oxygen atoms in total. The van der Waals surface area contributed by atoms with Gasteiger partial charge >= 0.3 is 0 Å². The quantitative estimate of drug-likeness (QED) is 0.718. The van der Waals surface area contributed by atoms with Crippen LogP contribution in [0.2, 0.25) is 0 Å². The lowest BCUT2D eigenvalue weighted by atomic mass is 10.0. The summed E-state index contributed by atoms with van der Waals surface area (Å²) in [5, 5.41) is 0. The fraction of sp³-hybridized carbons (Fsp3) is 0.136. The number of hydrogen-bond donors (Lipinski definition) is 2. The fourth-order valence-corrected chi connectivity index (χ4v) is 3.03. The predicted octanol–water partition coefficient (Wildman–Crippen LogP) is 2.72. The van der Waals surface area contributed by atoms with Crippen molar-refractivity contribution < 1.29 is 9.59 Å². The summed E-state index contributed by atoms with van der Waals surface area (Å²) in [5.41, 5.74) is 8.57. The van der Waals surface area contributed by atoms with Gasteiger partial charge in [-0.3, -0.25) is 14.4 Å². The highest BCUT2D eigenvalue weighted by Crippen LogP contribution is 2.22. The molecule has 0 saturated heterocycles. The van der Waals surface area contributed by atoms with Crippen LogP contribution < -0.4 is 11.3 Å². The molecule has 0 spiro atoms. The van der Waals surface area contributed by atoms with Crippen LogP contribution in [-0.4, -0.2) is 28.7 Å². The summed E-state index contributed by atoms with van der Waals surface area (Å²) in [6, 6.07) is 17.9. The van der Waals surface area contributed by atoms with E-state index in [2.05, 4.69) is 4.98 Å². The molecule has 0 aliphatic carbocycles. The van der Waals surface area contributed by atoms with Gasteiger partial charge in [-0.2, -0.15) is 0 Å². The van der Waals surface area contributed by atoms with Crippen LogP contribution in [0.5, 0.6) is 0 Å². The molecule has 0 bridgehead atoms. The number of H-pyrrole nitrogens is 1. The van der Waals surface area contributed by atoms with Gasteiger partial charge in [-0.15, -0.1) is 0 Å². The Morgan fingerprint density at radius 2 is 1.68 bits per heavy atom. The first-order valence-electron chi connectivity index (χ1n) is 8.80. The maximum atomic E-state index is 12.9. The van der Waals surface area contributed by atoms with Gasteiger partial charge in [0.2, 0.25) is 5.91 Å². The molecule has 1 heterocycles. The summed E-state index contributed by atoms with van der Waals surface area (Å²) >= 11 is 0. The van der Waals surface area contributed by atoms with Crippen LogP contribution in [0.4, 0.5) is 0 Å². The smallest absolute Gasteiger partial charge is 0.261 e. The second kappa shape index (κ2) is 7.92. The third kappa shape index (κ3) is 4.01. The first kappa shape index (κ1) is 19.1. The highest BCUT2D eigenvalue weighted by atomic mass is 16.2. The zero-order chi connectivity index (χ0) is 20.3. The van der Waals surface area contributed by atoms with Gasteiger partial charge in [0, 0.05) is 30.4 Å². The molecule has 3 rings (SSSR count). The molecule has 0 saturated carbocycles. The van der Waals surface area contributed by atoms with Crippen molar-refractivity contribution in [2.75, 3.05) is 7.05 Å². The van der Waals surface area contributed by atoms with Crippen molar-refractivity contribution in [1.29, 1.82) is 0 Å². The summed E-state index contributed by atoms with van der Waals surface area (Å²) in [6.45, 7) is 2.11. The molecule has 0 fully saturated rings. The monoisotopic (exact) mass is 375 g/mol. The van der Waals surface area contributed by atoms with E-state index in [4.69, 9.17) is 5.73 Å². The summed E-state index contributed by atoms with van der Waals surface area (Å²) in [6.07, 6.45) is 0. The van der Waals surface area contributed by atoms with Crippen LogP contribution >= 0.6 is 0 Å². The predicted molar refractivity (Wildman–Crippen MR) is 108 cm³/mol. The largest absolute Gasteiger partial charge is 0.366 e. The van der Waals surface area contributed by atoms with Crippen molar-refractivity contribution in [3.63, 3.8) is 0 Å². The van der Waals surface area contributed by atoms with Gasteiger partial charge in [-0.05, 0) is 36.2 Å². The van der Waals surface area contributed by atoms with E-state index in [1.54, 1.807) is 37.4 Å². The molecule has 28 heavy (non-hydrogen) atoms. The second-order valence-corrected chi connectivity index (χ2v) is 6.64. The molecule has 3 N–H and O–H groups in total. The number of nitrogens with one attached hydrogen (secondary N) is 1. The van der Waals surface area contributed by atoms with Crippen LogP contribution in [0, 0.1) is 6.92 Å². The fourth-order valence-electron chi connectivity index (χ4n) is 3.03. The number of aryl methyl sites for hydroxylation is 1. The Morgan fingerprint density at radius 1 is 1.04 bits per heavy atom. The number of carbonyl (C=O) groups excluding carboxylic acids is 2. The van der Waals surface area contributed by atoms with E-state index < -0.39 is 11.5 Å². The highest BCUT2D eigenvalue weighted by Gasteiger charge is 2.18. The topological polar surface area (TPSA) is 96.3 Å². The molecule has 0 atom stereocenters. The van der Waals surface area contributed by atoms with Gasteiger partial charge in [-0.25, -0.2) is 0 Å². The van der Waals surface area contributed by atoms with Crippen LogP contribution in [0.1, 0.15) is 32.0 Å². The molecule has 0 aliphatic heterocycles. The maximum absolute atomic E-state index is 12.9.